The topological polar surface area (TPSA) is 56.7 Å². The molecule has 1 aromatic carbocycles. The first-order valence-electron chi connectivity index (χ1n) is 4.54. The van der Waals surface area contributed by atoms with Gasteiger partial charge in [0.2, 0.25) is 0 Å². The van der Waals surface area contributed by atoms with Gasteiger partial charge in [-0.25, -0.2) is 0 Å². The van der Waals surface area contributed by atoms with Crippen molar-refractivity contribution < 1.29 is 0 Å². The molecule has 78 valence electrons. The summed E-state index contributed by atoms with van der Waals surface area (Å²) in [5.74, 6) is 0. The van der Waals surface area contributed by atoms with Crippen molar-refractivity contribution in [2.75, 3.05) is 0 Å². The number of hydrogen-bond acceptors (Lipinski definition) is 3. The molecule has 0 amide bonds. The Balaban J connectivity index is 2.32. The highest BCUT2D eigenvalue weighted by atomic mass is 127. The summed E-state index contributed by atoms with van der Waals surface area (Å²) >= 11 is 2.27. The molecule has 0 radical (unpaired) electrons. The van der Waals surface area contributed by atoms with E-state index in [9.17, 15) is 0 Å². The summed E-state index contributed by atoms with van der Waals surface area (Å²) in [4.78, 5) is 0. The fourth-order valence-electron chi connectivity index (χ4n) is 1.42. The third kappa shape index (κ3) is 2.18. The highest BCUT2D eigenvalue weighted by Crippen LogP contribution is 2.18. The molecule has 5 heteroatoms. The SMILES string of the molecule is Cn1nncc1C(N)c1ccc(I)cc1. The number of rotatable bonds is 2. The Morgan fingerprint density at radius 2 is 2.00 bits per heavy atom. The fourth-order valence-corrected chi connectivity index (χ4v) is 1.78. The van der Waals surface area contributed by atoms with Gasteiger partial charge < -0.3 is 5.73 Å². The third-order valence-electron chi connectivity index (χ3n) is 2.30. The number of aromatic nitrogens is 3. The van der Waals surface area contributed by atoms with Crippen LogP contribution in [-0.4, -0.2) is 15.0 Å². The van der Waals surface area contributed by atoms with Crippen molar-refractivity contribution in [3.8, 4) is 0 Å². The van der Waals surface area contributed by atoms with Crippen LogP contribution in [0.2, 0.25) is 0 Å². The molecule has 0 saturated carbocycles. The number of halogens is 1. The van der Waals surface area contributed by atoms with Crippen molar-refractivity contribution in [3.05, 3.63) is 45.3 Å². The van der Waals surface area contributed by atoms with Gasteiger partial charge >= 0.3 is 0 Å². The highest BCUT2D eigenvalue weighted by Gasteiger charge is 2.12. The highest BCUT2D eigenvalue weighted by molar-refractivity contribution is 14.1. The standard InChI is InChI=1S/C10H11IN4/c1-15-9(6-13-14-15)10(12)7-2-4-8(11)5-3-7/h2-6,10H,12H2,1H3. The van der Waals surface area contributed by atoms with E-state index in [0.29, 0.717) is 0 Å². The van der Waals surface area contributed by atoms with Crippen LogP contribution in [0.25, 0.3) is 0 Å². The van der Waals surface area contributed by atoms with Gasteiger partial charge in [-0.3, -0.25) is 4.68 Å². The maximum absolute atomic E-state index is 6.11. The molecular weight excluding hydrogens is 303 g/mol. The monoisotopic (exact) mass is 314 g/mol. The molecule has 1 unspecified atom stereocenters. The molecule has 0 bridgehead atoms. The van der Waals surface area contributed by atoms with E-state index >= 15 is 0 Å². The van der Waals surface area contributed by atoms with E-state index in [-0.39, 0.29) is 6.04 Å². The van der Waals surface area contributed by atoms with E-state index in [0.717, 1.165) is 11.3 Å². The average Bonchev–Trinajstić information content (AvgIpc) is 2.65. The van der Waals surface area contributed by atoms with Crippen molar-refractivity contribution in [2.24, 2.45) is 12.8 Å². The summed E-state index contributed by atoms with van der Waals surface area (Å²) < 4.78 is 2.90. The molecule has 0 aliphatic heterocycles. The van der Waals surface area contributed by atoms with Gasteiger partial charge in [0.05, 0.1) is 17.9 Å². The first-order chi connectivity index (χ1) is 7.18. The molecule has 0 fully saturated rings. The van der Waals surface area contributed by atoms with Crippen molar-refractivity contribution in [1.82, 2.24) is 15.0 Å². The first-order valence-corrected chi connectivity index (χ1v) is 5.62. The zero-order valence-electron chi connectivity index (χ0n) is 8.26. The second kappa shape index (κ2) is 4.28. The van der Waals surface area contributed by atoms with E-state index < -0.39 is 0 Å². The lowest BCUT2D eigenvalue weighted by atomic mass is 10.1. The van der Waals surface area contributed by atoms with E-state index in [1.54, 1.807) is 10.9 Å². The van der Waals surface area contributed by atoms with Crippen LogP contribution in [0.15, 0.2) is 30.5 Å². The zero-order valence-corrected chi connectivity index (χ0v) is 10.4. The van der Waals surface area contributed by atoms with Gasteiger partial charge in [0.25, 0.3) is 0 Å². The van der Waals surface area contributed by atoms with E-state index in [1.807, 2.05) is 31.3 Å². The summed E-state index contributed by atoms with van der Waals surface area (Å²) in [6.45, 7) is 0. The third-order valence-corrected chi connectivity index (χ3v) is 3.02. The van der Waals surface area contributed by atoms with Gasteiger partial charge in [-0.2, -0.15) is 0 Å². The van der Waals surface area contributed by atoms with Crippen LogP contribution in [0.5, 0.6) is 0 Å². The largest absolute Gasteiger partial charge is 0.319 e. The number of nitrogens with zero attached hydrogens (tertiary/aromatic N) is 3. The maximum atomic E-state index is 6.11. The Kier molecular flexibility index (Phi) is 3.01. The Hall–Kier alpha value is -0.950. The minimum Gasteiger partial charge on any atom is -0.319 e. The summed E-state index contributed by atoms with van der Waals surface area (Å²) in [5, 5.41) is 7.68. The molecule has 0 aliphatic rings. The maximum Gasteiger partial charge on any atom is 0.0796 e. The molecular formula is C10H11IN4. The molecule has 0 aliphatic carbocycles. The van der Waals surface area contributed by atoms with Crippen molar-refractivity contribution >= 4 is 22.6 Å². The van der Waals surface area contributed by atoms with E-state index in [2.05, 4.69) is 32.9 Å². The Labute approximate surface area is 102 Å². The van der Waals surface area contributed by atoms with Crippen molar-refractivity contribution in [1.29, 1.82) is 0 Å². The first kappa shape index (κ1) is 10.6. The van der Waals surface area contributed by atoms with Gasteiger partial charge in [0, 0.05) is 10.6 Å². The van der Waals surface area contributed by atoms with Crippen molar-refractivity contribution in [2.45, 2.75) is 6.04 Å². The van der Waals surface area contributed by atoms with E-state index in [4.69, 9.17) is 5.73 Å². The predicted molar refractivity (Wildman–Crippen MR) is 66.2 cm³/mol. The van der Waals surface area contributed by atoms with Crippen LogP contribution in [0.1, 0.15) is 17.3 Å². The van der Waals surface area contributed by atoms with Gasteiger partial charge in [0.15, 0.2) is 0 Å². The molecule has 4 nitrogen and oxygen atoms in total. The quantitative estimate of drug-likeness (QED) is 0.854. The lowest BCUT2D eigenvalue weighted by molar-refractivity contribution is 0.651. The predicted octanol–water partition coefficient (Wildman–Crippen LogP) is 1.47. The van der Waals surface area contributed by atoms with Crippen LogP contribution < -0.4 is 5.73 Å². The minimum absolute atomic E-state index is 0.165. The molecule has 15 heavy (non-hydrogen) atoms. The lowest BCUT2D eigenvalue weighted by Crippen LogP contribution is -2.15. The smallest absolute Gasteiger partial charge is 0.0796 e. The summed E-state index contributed by atoms with van der Waals surface area (Å²) in [5.41, 5.74) is 8.09. The van der Waals surface area contributed by atoms with Gasteiger partial charge in [-0.1, -0.05) is 17.3 Å². The molecule has 1 atom stereocenters. The van der Waals surface area contributed by atoms with Gasteiger partial charge in [-0.15, -0.1) is 5.10 Å². The van der Waals surface area contributed by atoms with Crippen LogP contribution in [0, 0.1) is 3.57 Å². The molecule has 1 aromatic heterocycles. The molecule has 0 saturated heterocycles. The molecule has 2 N–H and O–H groups in total. The summed E-state index contributed by atoms with van der Waals surface area (Å²) in [6, 6.07) is 7.97. The Morgan fingerprint density at radius 3 is 2.53 bits per heavy atom. The van der Waals surface area contributed by atoms with Crippen molar-refractivity contribution in [3.63, 3.8) is 0 Å². The van der Waals surface area contributed by atoms with Gasteiger partial charge in [0.1, 0.15) is 0 Å². The fraction of sp³-hybridized carbons (Fsp3) is 0.200. The van der Waals surface area contributed by atoms with Crippen LogP contribution in [0.4, 0.5) is 0 Å². The lowest BCUT2D eigenvalue weighted by Gasteiger charge is -2.11. The molecule has 1 heterocycles. The molecule has 2 rings (SSSR count). The van der Waals surface area contributed by atoms with Crippen LogP contribution in [-0.2, 0) is 7.05 Å². The molecule has 0 spiro atoms. The zero-order chi connectivity index (χ0) is 10.8. The number of benzene rings is 1. The van der Waals surface area contributed by atoms with Gasteiger partial charge in [-0.05, 0) is 40.3 Å². The number of nitrogens with two attached hydrogens (primary N) is 1. The van der Waals surface area contributed by atoms with Crippen LogP contribution >= 0.6 is 22.6 Å². The van der Waals surface area contributed by atoms with Crippen LogP contribution in [0.3, 0.4) is 0 Å². The number of hydrogen-bond donors (Lipinski definition) is 1. The average molecular weight is 314 g/mol. The minimum atomic E-state index is -0.165. The molecule has 2 aromatic rings. The Bertz CT molecular complexity index is 449. The summed E-state index contributed by atoms with van der Waals surface area (Å²) in [6.07, 6.45) is 1.70. The number of aryl methyl sites for hydroxylation is 1. The Morgan fingerprint density at radius 1 is 1.33 bits per heavy atom. The second-order valence-corrected chi connectivity index (χ2v) is 4.56. The summed E-state index contributed by atoms with van der Waals surface area (Å²) in [7, 11) is 1.84. The van der Waals surface area contributed by atoms with E-state index in [1.165, 1.54) is 3.57 Å². The normalized spacial score (nSPS) is 12.7. The second-order valence-electron chi connectivity index (χ2n) is 3.31.